The third-order valence-electron chi connectivity index (χ3n) is 3.09. The lowest BCUT2D eigenvalue weighted by molar-refractivity contribution is 1.10. The number of benzene rings is 2. The summed E-state index contributed by atoms with van der Waals surface area (Å²) in [5.41, 5.74) is 9.42. The molecule has 0 aliphatic rings. The molecular formula is C15H10BrCl2N3. The molecule has 0 aliphatic heterocycles. The number of aromatic nitrogens is 2. The van der Waals surface area contributed by atoms with Gasteiger partial charge in [0.25, 0.3) is 0 Å². The Morgan fingerprint density at radius 2 is 1.71 bits per heavy atom. The van der Waals surface area contributed by atoms with Crippen LogP contribution < -0.4 is 5.73 Å². The molecule has 3 N–H and O–H groups in total. The SMILES string of the molecule is Nc1n[nH]c(-c2cc(Cl)cc(Cl)c2)c1-c1ccccc1Br. The molecule has 0 radical (unpaired) electrons. The molecule has 0 aliphatic carbocycles. The molecule has 3 rings (SSSR count). The third kappa shape index (κ3) is 2.79. The Kier molecular flexibility index (Phi) is 3.93. The Bertz CT molecular complexity index is 794. The smallest absolute Gasteiger partial charge is 0.153 e. The highest BCUT2D eigenvalue weighted by Crippen LogP contribution is 2.39. The number of rotatable bonds is 2. The minimum Gasteiger partial charge on any atom is -0.382 e. The lowest BCUT2D eigenvalue weighted by Crippen LogP contribution is -1.89. The molecule has 2 aromatic carbocycles. The number of anilines is 1. The fraction of sp³-hybridized carbons (Fsp3) is 0. The van der Waals surface area contributed by atoms with Crippen molar-refractivity contribution >= 4 is 44.9 Å². The van der Waals surface area contributed by atoms with Crippen LogP contribution in [0.15, 0.2) is 46.9 Å². The molecule has 1 aromatic heterocycles. The summed E-state index contributed by atoms with van der Waals surface area (Å²) in [5.74, 6) is 0.424. The van der Waals surface area contributed by atoms with Crippen LogP contribution in [0.3, 0.4) is 0 Å². The van der Waals surface area contributed by atoms with Crippen molar-refractivity contribution in [3.8, 4) is 22.4 Å². The number of nitrogens with zero attached hydrogens (tertiary/aromatic N) is 1. The largest absolute Gasteiger partial charge is 0.382 e. The molecule has 0 bridgehead atoms. The number of hydrogen-bond donors (Lipinski definition) is 2. The molecule has 0 amide bonds. The van der Waals surface area contributed by atoms with Gasteiger partial charge in [0.2, 0.25) is 0 Å². The maximum Gasteiger partial charge on any atom is 0.153 e. The quantitative estimate of drug-likeness (QED) is 0.623. The van der Waals surface area contributed by atoms with E-state index in [1.807, 2.05) is 36.4 Å². The van der Waals surface area contributed by atoms with Crippen LogP contribution in [-0.2, 0) is 0 Å². The summed E-state index contributed by atoms with van der Waals surface area (Å²) in [4.78, 5) is 0. The first-order valence-corrected chi connectivity index (χ1v) is 7.66. The maximum atomic E-state index is 6.08. The summed E-state index contributed by atoms with van der Waals surface area (Å²) in [6, 6.07) is 13.1. The van der Waals surface area contributed by atoms with Crippen LogP contribution in [0, 0.1) is 0 Å². The van der Waals surface area contributed by atoms with Gasteiger partial charge in [0.1, 0.15) is 0 Å². The van der Waals surface area contributed by atoms with Gasteiger partial charge < -0.3 is 5.73 Å². The zero-order valence-corrected chi connectivity index (χ0v) is 13.8. The van der Waals surface area contributed by atoms with Gasteiger partial charge in [0.15, 0.2) is 5.82 Å². The monoisotopic (exact) mass is 381 g/mol. The first kappa shape index (κ1) is 14.4. The first-order valence-electron chi connectivity index (χ1n) is 6.11. The van der Waals surface area contributed by atoms with Crippen molar-refractivity contribution in [2.75, 3.05) is 5.73 Å². The van der Waals surface area contributed by atoms with Gasteiger partial charge in [0.05, 0.1) is 11.3 Å². The number of nitrogen functional groups attached to an aromatic ring is 1. The van der Waals surface area contributed by atoms with Gasteiger partial charge in [-0.3, -0.25) is 5.10 Å². The van der Waals surface area contributed by atoms with E-state index >= 15 is 0 Å². The van der Waals surface area contributed by atoms with Crippen LogP contribution in [-0.4, -0.2) is 10.2 Å². The predicted octanol–water partition coefficient (Wildman–Crippen LogP) is 5.40. The Labute approximate surface area is 140 Å². The van der Waals surface area contributed by atoms with Crippen molar-refractivity contribution in [3.05, 3.63) is 57.0 Å². The summed E-state index contributed by atoms with van der Waals surface area (Å²) < 4.78 is 0.937. The number of nitrogens with two attached hydrogens (primary N) is 1. The van der Waals surface area contributed by atoms with Crippen LogP contribution >= 0.6 is 39.1 Å². The summed E-state index contributed by atoms with van der Waals surface area (Å²) >= 11 is 15.7. The van der Waals surface area contributed by atoms with Gasteiger partial charge in [-0.2, -0.15) is 5.10 Å². The molecule has 3 aromatic rings. The average molecular weight is 383 g/mol. The Morgan fingerprint density at radius 3 is 2.38 bits per heavy atom. The van der Waals surface area contributed by atoms with E-state index in [1.165, 1.54) is 0 Å². The van der Waals surface area contributed by atoms with E-state index in [-0.39, 0.29) is 0 Å². The topological polar surface area (TPSA) is 54.7 Å². The highest BCUT2D eigenvalue weighted by Gasteiger charge is 2.17. The van der Waals surface area contributed by atoms with E-state index in [1.54, 1.807) is 6.07 Å². The maximum absolute atomic E-state index is 6.08. The van der Waals surface area contributed by atoms with E-state index in [9.17, 15) is 0 Å². The molecule has 0 spiro atoms. The first-order chi connectivity index (χ1) is 10.1. The second kappa shape index (κ2) is 5.72. The van der Waals surface area contributed by atoms with Gasteiger partial charge in [-0.15, -0.1) is 0 Å². The van der Waals surface area contributed by atoms with E-state index in [0.717, 1.165) is 26.9 Å². The molecule has 3 nitrogen and oxygen atoms in total. The zero-order chi connectivity index (χ0) is 15.0. The van der Waals surface area contributed by atoms with Crippen LogP contribution in [0.2, 0.25) is 10.0 Å². The van der Waals surface area contributed by atoms with Crippen molar-refractivity contribution in [2.45, 2.75) is 0 Å². The number of aromatic amines is 1. The number of halogens is 3. The molecule has 0 fully saturated rings. The second-order valence-corrected chi connectivity index (χ2v) is 6.22. The highest BCUT2D eigenvalue weighted by molar-refractivity contribution is 9.10. The standard InChI is InChI=1S/C15H10BrCl2N3/c16-12-4-2-1-3-11(12)13-14(20-21-15(13)19)8-5-9(17)7-10(18)6-8/h1-7H,(H3,19,20,21). The summed E-state index contributed by atoms with van der Waals surface area (Å²) in [6.45, 7) is 0. The normalized spacial score (nSPS) is 10.8. The van der Waals surface area contributed by atoms with Gasteiger partial charge in [-0.25, -0.2) is 0 Å². The molecule has 0 saturated heterocycles. The minimum absolute atomic E-state index is 0.424. The number of hydrogen-bond acceptors (Lipinski definition) is 2. The van der Waals surface area contributed by atoms with Crippen LogP contribution in [0.5, 0.6) is 0 Å². The molecular weight excluding hydrogens is 373 g/mol. The molecule has 6 heteroatoms. The molecule has 0 unspecified atom stereocenters. The van der Waals surface area contributed by atoms with Crippen molar-refractivity contribution in [3.63, 3.8) is 0 Å². The Hall–Kier alpha value is -1.49. The van der Waals surface area contributed by atoms with Gasteiger partial charge in [-0.05, 0) is 24.3 Å². The fourth-order valence-electron chi connectivity index (χ4n) is 2.20. The highest BCUT2D eigenvalue weighted by atomic mass is 79.9. The van der Waals surface area contributed by atoms with Gasteiger partial charge in [0, 0.05) is 25.6 Å². The average Bonchev–Trinajstić information content (AvgIpc) is 2.80. The minimum atomic E-state index is 0.424. The molecule has 106 valence electrons. The molecule has 0 atom stereocenters. The second-order valence-electron chi connectivity index (χ2n) is 4.50. The number of H-pyrrole nitrogens is 1. The van der Waals surface area contributed by atoms with E-state index in [2.05, 4.69) is 26.1 Å². The Morgan fingerprint density at radius 1 is 1.05 bits per heavy atom. The molecule has 21 heavy (non-hydrogen) atoms. The van der Waals surface area contributed by atoms with Gasteiger partial charge in [-0.1, -0.05) is 57.3 Å². The van der Waals surface area contributed by atoms with Crippen LogP contribution in [0.4, 0.5) is 5.82 Å². The van der Waals surface area contributed by atoms with Gasteiger partial charge >= 0.3 is 0 Å². The summed E-state index contributed by atoms with van der Waals surface area (Å²) in [5, 5.41) is 8.19. The fourth-order valence-corrected chi connectivity index (χ4v) is 3.21. The predicted molar refractivity (Wildman–Crippen MR) is 91.6 cm³/mol. The zero-order valence-electron chi connectivity index (χ0n) is 10.7. The Balaban J connectivity index is 2.24. The van der Waals surface area contributed by atoms with Crippen LogP contribution in [0.1, 0.15) is 0 Å². The lowest BCUT2D eigenvalue weighted by Gasteiger charge is -2.08. The van der Waals surface area contributed by atoms with Crippen molar-refractivity contribution in [2.24, 2.45) is 0 Å². The summed E-state index contributed by atoms with van der Waals surface area (Å²) in [7, 11) is 0. The summed E-state index contributed by atoms with van der Waals surface area (Å²) in [6.07, 6.45) is 0. The number of nitrogens with one attached hydrogen (secondary N) is 1. The van der Waals surface area contributed by atoms with E-state index in [0.29, 0.717) is 15.9 Å². The van der Waals surface area contributed by atoms with Crippen molar-refractivity contribution in [1.82, 2.24) is 10.2 Å². The van der Waals surface area contributed by atoms with E-state index in [4.69, 9.17) is 28.9 Å². The molecule has 0 saturated carbocycles. The molecule has 1 heterocycles. The third-order valence-corrected chi connectivity index (χ3v) is 4.22. The van der Waals surface area contributed by atoms with Crippen LogP contribution in [0.25, 0.3) is 22.4 Å². The lowest BCUT2D eigenvalue weighted by atomic mass is 10.0. The van der Waals surface area contributed by atoms with Crippen molar-refractivity contribution < 1.29 is 0 Å². The van der Waals surface area contributed by atoms with E-state index < -0.39 is 0 Å². The van der Waals surface area contributed by atoms with Crippen molar-refractivity contribution in [1.29, 1.82) is 0 Å².